The molecule has 9 atom stereocenters. The molecular formula is C61H75N3. The van der Waals surface area contributed by atoms with E-state index in [9.17, 15) is 0 Å². The molecule has 4 unspecified atom stereocenters. The summed E-state index contributed by atoms with van der Waals surface area (Å²) in [5.74, 6) is 3.27. The van der Waals surface area contributed by atoms with E-state index in [0.29, 0.717) is 47.7 Å². The van der Waals surface area contributed by atoms with Gasteiger partial charge in [-0.2, -0.15) is 0 Å². The Bertz CT molecular complexity index is 2200. The third-order valence-electron chi connectivity index (χ3n) is 15.4. The van der Waals surface area contributed by atoms with E-state index in [0.717, 1.165) is 50.9 Å². The van der Waals surface area contributed by atoms with Gasteiger partial charge in [0, 0.05) is 47.0 Å². The van der Waals surface area contributed by atoms with Gasteiger partial charge in [0.25, 0.3) is 0 Å². The fourth-order valence-electron chi connectivity index (χ4n) is 11.8. The van der Waals surface area contributed by atoms with Gasteiger partial charge < -0.3 is 15.5 Å². The SMILES string of the molecule is C=C/C=C\C=C/CC1C[C@@H]([C@@H]2C=C[C@H](N/C=C\C(C[C@H](C)/C(C)=C/C=C\C=C)C3=CC=C4[C@@H](C3)C3CCCCC3N4c3ccccc3)CC2)C=C(C2=CC=C(C3=CC=CCC3)CC2)N1. The Morgan fingerprint density at radius 3 is 2.44 bits per heavy atom. The average Bonchev–Trinajstić information content (AvgIpc) is 3.68. The molecule has 0 radical (unpaired) electrons. The molecule has 1 saturated heterocycles. The number of para-hydroxylation sites is 1. The number of rotatable bonds is 17. The van der Waals surface area contributed by atoms with Gasteiger partial charge in [0.15, 0.2) is 0 Å². The maximum absolute atomic E-state index is 4.00. The first-order valence-electron chi connectivity index (χ1n) is 25.0. The number of hydrogen-bond acceptors (Lipinski definition) is 3. The highest BCUT2D eigenvalue weighted by atomic mass is 15.2. The van der Waals surface area contributed by atoms with Crippen LogP contribution in [0.1, 0.15) is 104 Å². The molecule has 0 spiro atoms. The van der Waals surface area contributed by atoms with Crippen molar-refractivity contribution < 1.29 is 0 Å². The molecule has 3 heteroatoms. The van der Waals surface area contributed by atoms with Crippen molar-refractivity contribution in [1.29, 1.82) is 0 Å². The van der Waals surface area contributed by atoms with Crippen LogP contribution in [0.15, 0.2) is 210 Å². The highest BCUT2D eigenvalue weighted by Gasteiger charge is 2.47. The molecule has 8 rings (SSSR count). The molecule has 1 aromatic carbocycles. The maximum Gasteiger partial charge on any atom is 0.0439 e. The molecule has 0 bridgehead atoms. The molecule has 2 aliphatic heterocycles. The Hall–Kier alpha value is -5.28. The zero-order chi connectivity index (χ0) is 44.1. The highest BCUT2D eigenvalue weighted by molar-refractivity contribution is 5.58. The lowest BCUT2D eigenvalue weighted by molar-refractivity contribution is 0.280. The lowest BCUT2D eigenvalue weighted by atomic mass is 9.73. The highest BCUT2D eigenvalue weighted by Crippen LogP contribution is 2.52. The quantitative estimate of drug-likeness (QED) is 0.121. The maximum atomic E-state index is 4.00. The number of anilines is 1. The molecule has 0 aromatic heterocycles. The number of allylic oxidation sites excluding steroid dienone is 24. The molecule has 0 amide bonds. The summed E-state index contributed by atoms with van der Waals surface area (Å²) in [7, 11) is 0. The first kappa shape index (κ1) is 45.3. The molecule has 334 valence electrons. The largest absolute Gasteiger partial charge is 0.385 e. The molecule has 1 saturated carbocycles. The van der Waals surface area contributed by atoms with Gasteiger partial charge in [-0.15, -0.1) is 0 Å². The number of fused-ring (bicyclic) bond motifs is 3. The first-order valence-corrected chi connectivity index (χ1v) is 25.0. The minimum atomic E-state index is 0.356. The minimum absolute atomic E-state index is 0.356. The Balaban J connectivity index is 0.971. The summed E-state index contributed by atoms with van der Waals surface area (Å²) in [6, 6.07) is 12.6. The second-order valence-electron chi connectivity index (χ2n) is 19.5. The Morgan fingerprint density at radius 2 is 1.66 bits per heavy atom. The van der Waals surface area contributed by atoms with Gasteiger partial charge in [-0.3, -0.25) is 0 Å². The summed E-state index contributed by atoms with van der Waals surface area (Å²) < 4.78 is 0. The van der Waals surface area contributed by atoms with Gasteiger partial charge in [-0.25, -0.2) is 0 Å². The molecular weight excluding hydrogens is 775 g/mol. The van der Waals surface area contributed by atoms with Crippen molar-refractivity contribution in [2.75, 3.05) is 4.90 Å². The van der Waals surface area contributed by atoms with E-state index in [1.807, 2.05) is 24.3 Å². The van der Waals surface area contributed by atoms with Crippen molar-refractivity contribution in [2.24, 2.45) is 35.5 Å². The summed E-state index contributed by atoms with van der Waals surface area (Å²) in [5, 5.41) is 7.89. The monoisotopic (exact) mass is 850 g/mol. The van der Waals surface area contributed by atoms with Gasteiger partial charge in [0.2, 0.25) is 0 Å². The summed E-state index contributed by atoms with van der Waals surface area (Å²) in [4.78, 5) is 2.73. The summed E-state index contributed by atoms with van der Waals surface area (Å²) in [5.41, 5.74) is 11.8. The fraction of sp³-hybridized carbons (Fsp3) is 0.410. The van der Waals surface area contributed by atoms with Crippen molar-refractivity contribution in [3.63, 3.8) is 0 Å². The lowest BCUT2D eigenvalue weighted by Crippen LogP contribution is -2.38. The van der Waals surface area contributed by atoms with Gasteiger partial charge in [-0.1, -0.05) is 178 Å². The average molecular weight is 850 g/mol. The van der Waals surface area contributed by atoms with Crippen LogP contribution in [0.25, 0.3) is 0 Å². The van der Waals surface area contributed by atoms with Crippen LogP contribution in [0, 0.1) is 35.5 Å². The van der Waals surface area contributed by atoms with Crippen LogP contribution in [-0.4, -0.2) is 18.1 Å². The third-order valence-corrected chi connectivity index (χ3v) is 15.4. The predicted molar refractivity (Wildman–Crippen MR) is 275 cm³/mol. The van der Waals surface area contributed by atoms with Crippen LogP contribution in [0.4, 0.5) is 5.69 Å². The number of nitrogens with one attached hydrogen (secondary N) is 2. The van der Waals surface area contributed by atoms with Gasteiger partial charge in [-0.05, 0) is 149 Å². The molecule has 2 fully saturated rings. The predicted octanol–water partition coefficient (Wildman–Crippen LogP) is 15.1. The minimum Gasteiger partial charge on any atom is -0.385 e. The molecule has 5 aliphatic carbocycles. The first-order chi connectivity index (χ1) is 31.5. The van der Waals surface area contributed by atoms with Crippen molar-refractivity contribution in [1.82, 2.24) is 10.6 Å². The van der Waals surface area contributed by atoms with Crippen molar-refractivity contribution in [3.05, 3.63) is 210 Å². The third kappa shape index (κ3) is 11.3. The molecule has 7 aliphatic rings. The molecule has 1 aromatic rings. The summed E-state index contributed by atoms with van der Waals surface area (Å²) in [6.45, 7) is 12.4. The van der Waals surface area contributed by atoms with Crippen LogP contribution in [0.3, 0.4) is 0 Å². The smallest absolute Gasteiger partial charge is 0.0439 e. The topological polar surface area (TPSA) is 27.3 Å². The van der Waals surface area contributed by atoms with Crippen LogP contribution >= 0.6 is 0 Å². The lowest BCUT2D eigenvalue weighted by Gasteiger charge is -2.36. The summed E-state index contributed by atoms with van der Waals surface area (Å²) >= 11 is 0. The van der Waals surface area contributed by atoms with Gasteiger partial charge in [0.1, 0.15) is 0 Å². The van der Waals surface area contributed by atoms with E-state index >= 15 is 0 Å². The van der Waals surface area contributed by atoms with Crippen LogP contribution < -0.4 is 15.5 Å². The Morgan fingerprint density at radius 1 is 0.844 bits per heavy atom. The van der Waals surface area contributed by atoms with E-state index in [-0.39, 0.29) is 0 Å². The van der Waals surface area contributed by atoms with E-state index in [1.165, 1.54) is 78.6 Å². The second kappa shape index (κ2) is 22.6. The standard InChI is InChI=1S/C61H75N3/c1-5-7-9-10-16-24-55-42-53(44-59(63-55)50-31-29-48(30-32-50)47-22-14-11-15-23-47)49-33-36-54(37-34-49)62-40-39-52(41-46(4)45(3)21-13-8-6-2)51-35-38-61-58(43-51)57-27-19-20-28-60(57)64(61)56-25-17-12-18-26-56/h5-14,16-18,21-22,25-26,29,31,33,35-36,38-40,44,46,49,52-55,57-58,60,62-63H,1-2,15,19-20,23-24,27-28,30,32,34,37,41-43H2,3-4H3/b9-7-,13-8-,16-10-,40-39-,45-21+/t46-,49+,52?,53+,54-,55?,57?,58-,60?/m0/s1. The normalized spacial score (nSPS) is 29.3. The number of nitrogens with zero attached hydrogens (tertiary/aromatic N) is 1. The van der Waals surface area contributed by atoms with Gasteiger partial charge in [0.05, 0.1) is 0 Å². The number of hydrogen-bond donors (Lipinski definition) is 2. The van der Waals surface area contributed by atoms with Crippen molar-refractivity contribution >= 4 is 5.69 Å². The van der Waals surface area contributed by atoms with E-state index in [4.69, 9.17) is 0 Å². The second-order valence-corrected chi connectivity index (χ2v) is 19.5. The fourth-order valence-corrected chi connectivity index (χ4v) is 11.8. The summed E-state index contributed by atoms with van der Waals surface area (Å²) in [6.07, 6.45) is 64.6. The van der Waals surface area contributed by atoms with E-state index < -0.39 is 0 Å². The molecule has 3 nitrogen and oxygen atoms in total. The molecule has 2 N–H and O–H groups in total. The van der Waals surface area contributed by atoms with Crippen LogP contribution in [0.2, 0.25) is 0 Å². The number of benzene rings is 1. The van der Waals surface area contributed by atoms with Crippen molar-refractivity contribution in [2.45, 2.75) is 122 Å². The van der Waals surface area contributed by atoms with Crippen LogP contribution in [-0.2, 0) is 0 Å². The zero-order valence-corrected chi connectivity index (χ0v) is 39.0. The van der Waals surface area contributed by atoms with E-state index in [2.05, 4.69) is 176 Å². The zero-order valence-electron chi connectivity index (χ0n) is 39.0. The molecule has 2 heterocycles. The van der Waals surface area contributed by atoms with Crippen molar-refractivity contribution in [3.8, 4) is 0 Å². The Labute approximate surface area is 387 Å². The van der Waals surface area contributed by atoms with E-state index in [1.54, 1.807) is 11.3 Å². The Kier molecular flexibility index (Phi) is 16.0. The van der Waals surface area contributed by atoms with Crippen LogP contribution in [0.5, 0.6) is 0 Å². The molecule has 64 heavy (non-hydrogen) atoms. The van der Waals surface area contributed by atoms with Gasteiger partial charge >= 0.3 is 0 Å².